The van der Waals surface area contributed by atoms with Crippen LogP contribution in [0.4, 0.5) is 0 Å². The molecule has 0 aliphatic carbocycles. The minimum Gasteiger partial charge on any atom is -0.471 e. The Bertz CT molecular complexity index is 488. The van der Waals surface area contributed by atoms with Crippen LogP contribution >= 0.6 is 0 Å². The minimum absolute atomic E-state index is 0.129. The highest BCUT2D eigenvalue weighted by Crippen LogP contribution is 2.22. The van der Waals surface area contributed by atoms with Crippen LogP contribution in [0.15, 0.2) is 18.3 Å². The Labute approximate surface area is 137 Å². The summed E-state index contributed by atoms with van der Waals surface area (Å²) in [7, 11) is 1.81. The summed E-state index contributed by atoms with van der Waals surface area (Å²) in [6.45, 7) is 4.46. The number of ether oxygens (including phenoxy) is 1. The van der Waals surface area contributed by atoms with Crippen LogP contribution in [0, 0.1) is 0 Å². The number of hydrogen-bond donors (Lipinski definition) is 3. The van der Waals surface area contributed by atoms with Gasteiger partial charge in [0.05, 0.1) is 25.4 Å². The Morgan fingerprint density at radius 3 is 2.87 bits per heavy atom. The second-order valence-corrected chi connectivity index (χ2v) is 5.97. The van der Waals surface area contributed by atoms with Crippen molar-refractivity contribution in [2.45, 2.75) is 31.7 Å². The molecule has 1 aliphatic rings. The standard InChI is InChI=1S/C16H27N3O4/c1-3-19-7-12-5-4-6-17-16(12)23-13(9-19)8-18(2)14(10-20)15(22)11-21/h4-6,13-15,20-22H,3,7-11H2,1-2H3/t13?,14-,15-/m1/s1. The highest BCUT2D eigenvalue weighted by molar-refractivity contribution is 5.26. The third-order valence-corrected chi connectivity index (χ3v) is 4.31. The quantitative estimate of drug-likeness (QED) is 0.611. The van der Waals surface area contributed by atoms with Gasteiger partial charge in [-0.25, -0.2) is 4.98 Å². The molecular weight excluding hydrogens is 298 g/mol. The van der Waals surface area contributed by atoms with Crippen molar-refractivity contribution in [3.05, 3.63) is 23.9 Å². The summed E-state index contributed by atoms with van der Waals surface area (Å²) >= 11 is 0. The molecule has 3 N–H and O–H groups in total. The van der Waals surface area contributed by atoms with Crippen molar-refractivity contribution in [1.82, 2.24) is 14.8 Å². The van der Waals surface area contributed by atoms with Gasteiger partial charge in [0, 0.05) is 31.4 Å². The maximum absolute atomic E-state index is 9.81. The van der Waals surface area contributed by atoms with Crippen LogP contribution in [0.3, 0.4) is 0 Å². The van der Waals surface area contributed by atoms with Gasteiger partial charge in [-0.05, 0) is 19.7 Å². The van der Waals surface area contributed by atoms with E-state index in [-0.39, 0.29) is 19.3 Å². The van der Waals surface area contributed by atoms with E-state index in [0.717, 1.165) is 25.2 Å². The SMILES string of the molecule is CCN1Cc2cccnc2OC(CN(C)[C@H](CO)[C@H](O)CO)C1. The number of hydrogen-bond acceptors (Lipinski definition) is 7. The van der Waals surface area contributed by atoms with Crippen molar-refractivity contribution < 1.29 is 20.1 Å². The van der Waals surface area contributed by atoms with Crippen LogP contribution in [0.2, 0.25) is 0 Å². The second-order valence-electron chi connectivity index (χ2n) is 5.97. The molecule has 0 bridgehead atoms. The van der Waals surface area contributed by atoms with E-state index in [1.807, 2.05) is 24.1 Å². The molecule has 23 heavy (non-hydrogen) atoms. The molecule has 130 valence electrons. The summed E-state index contributed by atoms with van der Waals surface area (Å²) in [5.74, 6) is 0.644. The second kappa shape index (κ2) is 8.56. The predicted molar refractivity (Wildman–Crippen MR) is 86.2 cm³/mol. The third-order valence-electron chi connectivity index (χ3n) is 4.31. The number of rotatable bonds is 7. The molecule has 0 radical (unpaired) electrons. The molecule has 3 atom stereocenters. The summed E-state index contributed by atoms with van der Waals surface area (Å²) in [5, 5.41) is 28.4. The van der Waals surface area contributed by atoms with Gasteiger partial charge in [0.25, 0.3) is 0 Å². The fourth-order valence-electron chi connectivity index (χ4n) is 2.91. The number of aliphatic hydroxyl groups excluding tert-OH is 3. The molecule has 0 aromatic carbocycles. The lowest BCUT2D eigenvalue weighted by molar-refractivity contribution is -0.0169. The monoisotopic (exact) mass is 325 g/mol. The number of pyridine rings is 1. The average Bonchev–Trinajstić information content (AvgIpc) is 2.73. The zero-order chi connectivity index (χ0) is 16.8. The van der Waals surface area contributed by atoms with E-state index in [2.05, 4.69) is 16.8 Å². The van der Waals surface area contributed by atoms with Crippen LogP contribution in [0.5, 0.6) is 5.88 Å². The van der Waals surface area contributed by atoms with Crippen molar-refractivity contribution in [2.75, 3.05) is 39.9 Å². The summed E-state index contributed by atoms with van der Waals surface area (Å²) in [4.78, 5) is 8.42. The van der Waals surface area contributed by atoms with E-state index in [9.17, 15) is 10.2 Å². The minimum atomic E-state index is -0.983. The third kappa shape index (κ3) is 4.62. The van der Waals surface area contributed by atoms with Crippen molar-refractivity contribution in [1.29, 1.82) is 0 Å². The molecule has 2 rings (SSSR count). The Morgan fingerprint density at radius 2 is 2.22 bits per heavy atom. The summed E-state index contributed by atoms with van der Waals surface area (Å²) in [6, 6.07) is 3.40. The number of fused-ring (bicyclic) bond motifs is 1. The molecule has 0 amide bonds. The van der Waals surface area contributed by atoms with Crippen molar-refractivity contribution >= 4 is 0 Å². The fraction of sp³-hybridized carbons (Fsp3) is 0.688. The summed E-state index contributed by atoms with van der Waals surface area (Å²) in [5.41, 5.74) is 1.06. The molecule has 0 saturated carbocycles. The van der Waals surface area contributed by atoms with Gasteiger partial charge in [-0.15, -0.1) is 0 Å². The maximum atomic E-state index is 9.81. The molecule has 2 heterocycles. The van der Waals surface area contributed by atoms with Gasteiger partial charge in [-0.3, -0.25) is 9.80 Å². The molecule has 7 heteroatoms. The lowest BCUT2D eigenvalue weighted by atomic mass is 10.1. The zero-order valence-corrected chi connectivity index (χ0v) is 13.8. The lowest BCUT2D eigenvalue weighted by Gasteiger charge is -2.33. The molecule has 0 saturated heterocycles. The van der Waals surface area contributed by atoms with E-state index >= 15 is 0 Å². The Kier molecular flexibility index (Phi) is 6.73. The number of aliphatic hydroxyl groups is 3. The Hall–Kier alpha value is -1.25. The van der Waals surface area contributed by atoms with Crippen molar-refractivity contribution in [3.63, 3.8) is 0 Å². The molecule has 0 fully saturated rings. The zero-order valence-electron chi connectivity index (χ0n) is 13.8. The summed E-state index contributed by atoms with van der Waals surface area (Å²) < 4.78 is 6.05. The fourth-order valence-corrected chi connectivity index (χ4v) is 2.91. The van der Waals surface area contributed by atoms with Gasteiger partial charge in [0.15, 0.2) is 0 Å². The molecule has 7 nitrogen and oxygen atoms in total. The number of nitrogens with zero attached hydrogens (tertiary/aromatic N) is 3. The molecule has 1 aromatic heterocycles. The van der Waals surface area contributed by atoms with Crippen LogP contribution in [-0.2, 0) is 6.54 Å². The highest BCUT2D eigenvalue weighted by atomic mass is 16.5. The number of likely N-dealkylation sites (N-methyl/N-ethyl adjacent to an activating group) is 2. The van der Waals surface area contributed by atoms with Gasteiger partial charge < -0.3 is 20.1 Å². The summed E-state index contributed by atoms with van der Waals surface area (Å²) in [6.07, 6.45) is 0.604. The van der Waals surface area contributed by atoms with Crippen LogP contribution in [0.1, 0.15) is 12.5 Å². The van der Waals surface area contributed by atoms with Gasteiger partial charge in [0.1, 0.15) is 6.10 Å². The maximum Gasteiger partial charge on any atom is 0.218 e. The van der Waals surface area contributed by atoms with E-state index < -0.39 is 12.1 Å². The van der Waals surface area contributed by atoms with Crippen molar-refractivity contribution in [2.24, 2.45) is 0 Å². The Morgan fingerprint density at radius 1 is 1.43 bits per heavy atom. The van der Waals surface area contributed by atoms with E-state index in [0.29, 0.717) is 12.4 Å². The van der Waals surface area contributed by atoms with Gasteiger partial charge >= 0.3 is 0 Å². The first kappa shape index (κ1) is 18.1. The van der Waals surface area contributed by atoms with Crippen molar-refractivity contribution in [3.8, 4) is 5.88 Å². The van der Waals surface area contributed by atoms with Gasteiger partial charge in [0.2, 0.25) is 5.88 Å². The first-order valence-corrected chi connectivity index (χ1v) is 8.01. The molecular formula is C16H27N3O4. The topological polar surface area (TPSA) is 89.3 Å². The molecule has 1 aliphatic heterocycles. The first-order valence-electron chi connectivity index (χ1n) is 8.01. The predicted octanol–water partition coefficient (Wildman–Crippen LogP) is -0.690. The van der Waals surface area contributed by atoms with Crippen LogP contribution < -0.4 is 4.74 Å². The van der Waals surface area contributed by atoms with Crippen LogP contribution in [-0.4, -0.2) is 88.2 Å². The first-order chi connectivity index (χ1) is 11.1. The van der Waals surface area contributed by atoms with E-state index in [1.54, 1.807) is 6.20 Å². The van der Waals surface area contributed by atoms with Gasteiger partial charge in [-0.2, -0.15) is 0 Å². The smallest absolute Gasteiger partial charge is 0.218 e. The van der Waals surface area contributed by atoms with Gasteiger partial charge in [-0.1, -0.05) is 13.0 Å². The Balaban J connectivity index is 2.09. The van der Waals surface area contributed by atoms with E-state index in [1.165, 1.54) is 0 Å². The van der Waals surface area contributed by atoms with Crippen LogP contribution in [0.25, 0.3) is 0 Å². The average molecular weight is 325 g/mol. The lowest BCUT2D eigenvalue weighted by Crippen LogP contribution is -2.50. The molecule has 0 spiro atoms. The molecule has 1 aromatic rings. The molecule has 1 unspecified atom stereocenters. The number of aromatic nitrogens is 1. The van der Waals surface area contributed by atoms with E-state index in [4.69, 9.17) is 9.84 Å². The normalized spacial score (nSPS) is 21.4. The highest BCUT2D eigenvalue weighted by Gasteiger charge is 2.28. The largest absolute Gasteiger partial charge is 0.471 e.